The third kappa shape index (κ3) is 3.46. The number of halogens is 1. The Labute approximate surface area is 142 Å². The van der Waals surface area contributed by atoms with Crippen molar-refractivity contribution in [2.24, 2.45) is 0 Å². The number of fused-ring (bicyclic) bond motifs is 1. The Morgan fingerprint density at radius 1 is 0.957 bits per heavy atom. The minimum absolute atomic E-state index is 0.194. The normalized spacial score (nSPS) is 10.5. The van der Waals surface area contributed by atoms with Gasteiger partial charge in [0.05, 0.1) is 5.69 Å². The Kier molecular flexibility index (Phi) is 4.48. The predicted molar refractivity (Wildman–Crippen MR) is 95.6 cm³/mol. The van der Waals surface area contributed by atoms with Gasteiger partial charge in [-0.15, -0.1) is 0 Å². The number of carbonyl (C=O) groups excluding carboxylic acids is 1. The van der Waals surface area contributed by atoms with Crippen molar-refractivity contribution in [2.45, 2.75) is 6.54 Å². The van der Waals surface area contributed by atoms with Crippen LogP contribution in [0.5, 0.6) is 5.75 Å². The van der Waals surface area contributed by atoms with Crippen LogP contribution in [0.25, 0.3) is 10.8 Å². The van der Waals surface area contributed by atoms with Gasteiger partial charge in [0.1, 0.15) is 5.75 Å². The third-order valence-electron chi connectivity index (χ3n) is 3.54. The zero-order valence-electron chi connectivity index (χ0n) is 12.2. The van der Waals surface area contributed by atoms with Crippen molar-refractivity contribution in [2.75, 3.05) is 5.32 Å². The van der Waals surface area contributed by atoms with E-state index in [-0.39, 0.29) is 11.8 Å². The summed E-state index contributed by atoms with van der Waals surface area (Å²) >= 11 is 3.45. The van der Waals surface area contributed by atoms with Crippen molar-refractivity contribution >= 4 is 38.4 Å². The first-order chi connectivity index (χ1) is 11.1. The Morgan fingerprint density at radius 2 is 1.70 bits per heavy atom. The SMILES string of the molecule is O=C(NCc1ccccc1Br)Nc1cccc2c(O)cccc12. The number of benzene rings is 3. The quantitative estimate of drug-likeness (QED) is 0.629. The average Bonchev–Trinajstić information content (AvgIpc) is 2.55. The predicted octanol–water partition coefficient (Wildman–Crippen LogP) is 4.63. The zero-order chi connectivity index (χ0) is 16.2. The number of carbonyl (C=O) groups is 1. The standard InChI is InChI=1S/C18H15BrN2O2/c19-15-8-2-1-5-12(15)11-20-18(23)21-16-9-3-7-14-13(16)6-4-10-17(14)22/h1-10,22H,11H2,(H2,20,21,23). The number of anilines is 1. The summed E-state index contributed by atoms with van der Waals surface area (Å²) in [7, 11) is 0. The number of urea groups is 1. The summed E-state index contributed by atoms with van der Waals surface area (Å²) in [5, 5.41) is 17.0. The second-order valence-corrected chi connectivity index (χ2v) is 5.93. The number of amides is 2. The maximum atomic E-state index is 12.1. The zero-order valence-corrected chi connectivity index (χ0v) is 13.8. The highest BCUT2D eigenvalue weighted by atomic mass is 79.9. The summed E-state index contributed by atoms with van der Waals surface area (Å²) in [6.45, 7) is 0.420. The monoisotopic (exact) mass is 370 g/mol. The molecule has 0 aliphatic heterocycles. The highest BCUT2D eigenvalue weighted by Gasteiger charge is 2.08. The molecule has 116 valence electrons. The fourth-order valence-corrected chi connectivity index (χ4v) is 2.81. The molecule has 3 aromatic rings. The van der Waals surface area contributed by atoms with Crippen LogP contribution in [0.4, 0.5) is 10.5 Å². The number of rotatable bonds is 3. The highest BCUT2D eigenvalue weighted by Crippen LogP contribution is 2.29. The Balaban J connectivity index is 1.74. The van der Waals surface area contributed by atoms with Crippen molar-refractivity contribution in [1.82, 2.24) is 5.32 Å². The van der Waals surface area contributed by atoms with Crippen molar-refractivity contribution in [1.29, 1.82) is 0 Å². The maximum absolute atomic E-state index is 12.1. The second-order valence-electron chi connectivity index (χ2n) is 5.08. The van der Waals surface area contributed by atoms with Crippen LogP contribution in [0.2, 0.25) is 0 Å². The molecule has 4 nitrogen and oxygen atoms in total. The molecule has 0 fully saturated rings. The van der Waals surface area contributed by atoms with Gasteiger partial charge in [0.15, 0.2) is 0 Å². The first kappa shape index (κ1) is 15.4. The van der Waals surface area contributed by atoms with E-state index >= 15 is 0 Å². The first-order valence-corrected chi connectivity index (χ1v) is 7.93. The number of nitrogens with one attached hydrogen (secondary N) is 2. The lowest BCUT2D eigenvalue weighted by atomic mass is 10.1. The topological polar surface area (TPSA) is 61.4 Å². The summed E-state index contributed by atoms with van der Waals surface area (Å²) in [6.07, 6.45) is 0. The lowest BCUT2D eigenvalue weighted by Gasteiger charge is -2.11. The fourth-order valence-electron chi connectivity index (χ4n) is 2.39. The molecule has 23 heavy (non-hydrogen) atoms. The Bertz CT molecular complexity index is 865. The van der Waals surface area contributed by atoms with E-state index in [1.807, 2.05) is 36.4 Å². The van der Waals surface area contributed by atoms with Crippen LogP contribution in [-0.4, -0.2) is 11.1 Å². The van der Waals surface area contributed by atoms with E-state index in [9.17, 15) is 9.90 Å². The Morgan fingerprint density at radius 3 is 2.52 bits per heavy atom. The number of hydrogen-bond acceptors (Lipinski definition) is 2. The molecular weight excluding hydrogens is 356 g/mol. The van der Waals surface area contributed by atoms with Crippen LogP contribution in [0.1, 0.15) is 5.56 Å². The molecule has 3 aromatic carbocycles. The van der Waals surface area contributed by atoms with E-state index < -0.39 is 0 Å². The van der Waals surface area contributed by atoms with Gasteiger partial charge in [-0.2, -0.15) is 0 Å². The van der Waals surface area contributed by atoms with Gasteiger partial charge in [0, 0.05) is 21.8 Å². The van der Waals surface area contributed by atoms with E-state index in [2.05, 4.69) is 26.6 Å². The molecule has 0 aromatic heterocycles. The molecule has 0 radical (unpaired) electrons. The van der Waals surface area contributed by atoms with Crippen molar-refractivity contribution < 1.29 is 9.90 Å². The van der Waals surface area contributed by atoms with Crippen LogP contribution >= 0.6 is 15.9 Å². The summed E-state index contributed by atoms with van der Waals surface area (Å²) in [5.74, 6) is 0.194. The van der Waals surface area contributed by atoms with E-state index in [0.29, 0.717) is 17.6 Å². The summed E-state index contributed by atoms with van der Waals surface area (Å²) < 4.78 is 0.954. The summed E-state index contributed by atoms with van der Waals surface area (Å²) in [4.78, 5) is 12.1. The highest BCUT2D eigenvalue weighted by molar-refractivity contribution is 9.10. The van der Waals surface area contributed by atoms with E-state index in [4.69, 9.17) is 0 Å². The molecule has 0 bridgehead atoms. The smallest absolute Gasteiger partial charge is 0.319 e. The van der Waals surface area contributed by atoms with Gasteiger partial charge in [-0.05, 0) is 23.8 Å². The lowest BCUT2D eigenvalue weighted by Crippen LogP contribution is -2.28. The minimum Gasteiger partial charge on any atom is -0.507 e. The van der Waals surface area contributed by atoms with Gasteiger partial charge in [-0.25, -0.2) is 4.79 Å². The molecule has 5 heteroatoms. The number of aromatic hydroxyl groups is 1. The van der Waals surface area contributed by atoms with Crippen molar-refractivity contribution in [3.8, 4) is 5.75 Å². The van der Waals surface area contributed by atoms with Gasteiger partial charge in [0.2, 0.25) is 0 Å². The minimum atomic E-state index is -0.295. The Hall–Kier alpha value is -2.53. The van der Waals surface area contributed by atoms with E-state index in [1.165, 1.54) is 0 Å². The summed E-state index contributed by atoms with van der Waals surface area (Å²) in [6, 6.07) is 18.1. The van der Waals surface area contributed by atoms with Crippen molar-refractivity contribution in [3.63, 3.8) is 0 Å². The van der Waals surface area contributed by atoms with Crippen molar-refractivity contribution in [3.05, 3.63) is 70.7 Å². The molecule has 0 aliphatic carbocycles. The molecule has 0 unspecified atom stereocenters. The van der Waals surface area contributed by atoms with Gasteiger partial charge < -0.3 is 15.7 Å². The van der Waals surface area contributed by atoms with Crippen LogP contribution in [0.3, 0.4) is 0 Å². The van der Waals surface area contributed by atoms with E-state index in [1.54, 1.807) is 24.3 Å². The molecule has 0 spiro atoms. The van der Waals surface area contributed by atoms with Crippen LogP contribution in [0, 0.1) is 0 Å². The molecule has 0 heterocycles. The van der Waals surface area contributed by atoms with Crippen LogP contribution < -0.4 is 10.6 Å². The largest absolute Gasteiger partial charge is 0.507 e. The molecule has 3 N–H and O–H groups in total. The summed E-state index contributed by atoms with van der Waals surface area (Å²) in [5.41, 5.74) is 1.65. The number of hydrogen-bond donors (Lipinski definition) is 3. The molecule has 0 aliphatic rings. The van der Waals surface area contributed by atoms with Gasteiger partial charge >= 0.3 is 6.03 Å². The van der Waals surface area contributed by atoms with Gasteiger partial charge in [-0.1, -0.05) is 58.4 Å². The lowest BCUT2D eigenvalue weighted by molar-refractivity contribution is 0.251. The average molecular weight is 371 g/mol. The molecule has 0 saturated carbocycles. The maximum Gasteiger partial charge on any atom is 0.319 e. The molecule has 3 rings (SSSR count). The fraction of sp³-hybridized carbons (Fsp3) is 0.0556. The van der Waals surface area contributed by atoms with Gasteiger partial charge in [-0.3, -0.25) is 0 Å². The second kappa shape index (κ2) is 6.71. The molecular formula is C18H15BrN2O2. The first-order valence-electron chi connectivity index (χ1n) is 7.14. The number of phenolic OH excluding ortho intramolecular Hbond substituents is 1. The molecule has 0 atom stereocenters. The van der Waals surface area contributed by atoms with Crippen LogP contribution in [0.15, 0.2) is 65.1 Å². The third-order valence-corrected chi connectivity index (χ3v) is 4.32. The van der Waals surface area contributed by atoms with Gasteiger partial charge in [0.25, 0.3) is 0 Å². The molecule has 2 amide bonds. The number of phenols is 1. The van der Waals surface area contributed by atoms with E-state index in [0.717, 1.165) is 15.4 Å². The van der Waals surface area contributed by atoms with Crippen LogP contribution in [-0.2, 0) is 6.54 Å². The molecule has 0 saturated heterocycles.